The molecular weight excluding hydrogens is 533 g/mol. The third-order valence-corrected chi connectivity index (χ3v) is 8.61. The third kappa shape index (κ3) is 4.83. The topological polar surface area (TPSA) is 81.2 Å². The van der Waals surface area contributed by atoms with Crippen LogP contribution in [0.5, 0.6) is 5.75 Å². The zero-order chi connectivity index (χ0) is 29.5. The lowest BCUT2D eigenvalue weighted by Crippen LogP contribution is -2.13. The van der Waals surface area contributed by atoms with Gasteiger partial charge in [0.15, 0.2) is 5.69 Å². The first-order valence-electron chi connectivity index (χ1n) is 14.6. The summed E-state index contributed by atoms with van der Waals surface area (Å²) in [6.45, 7) is 8.34. The Morgan fingerprint density at radius 2 is 1.93 bits per heavy atom. The fourth-order valence-electron chi connectivity index (χ4n) is 6.44. The molecule has 0 bridgehead atoms. The number of hydrogen-bond donors (Lipinski definition) is 0. The number of ether oxygens (including phenoxy) is 2. The highest BCUT2D eigenvalue weighted by Gasteiger charge is 2.33. The normalized spacial score (nSPS) is 14.5. The van der Waals surface area contributed by atoms with E-state index in [1.807, 2.05) is 29.9 Å². The fraction of sp³-hybridized carbons (Fsp3) is 0.353. The molecule has 1 aliphatic rings. The minimum absolute atomic E-state index is 0.0493. The Morgan fingerprint density at radius 1 is 1.12 bits per heavy atom. The van der Waals surface area contributed by atoms with Crippen LogP contribution in [-0.2, 0) is 24.9 Å². The molecule has 1 atom stereocenters. The van der Waals surface area contributed by atoms with Crippen LogP contribution in [0.3, 0.4) is 0 Å². The predicted molar refractivity (Wildman–Crippen MR) is 163 cm³/mol. The number of carbonyl (C=O) groups is 1. The Labute approximate surface area is 244 Å². The Balaban J connectivity index is 1.44. The van der Waals surface area contributed by atoms with Gasteiger partial charge >= 0.3 is 5.97 Å². The first kappa shape index (κ1) is 28.0. The van der Waals surface area contributed by atoms with E-state index >= 15 is 0 Å². The number of halogens is 1. The van der Waals surface area contributed by atoms with E-state index in [0.717, 1.165) is 68.2 Å². The van der Waals surface area contributed by atoms with Crippen LogP contribution in [0.1, 0.15) is 65.1 Å². The number of aryl methyl sites for hydroxylation is 3. The zero-order valence-corrected chi connectivity index (χ0v) is 24.6. The second-order valence-corrected chi connectivity index (χ2v) is 11.3. The van der Waals surface area contributed by atoms with Crippen LogP contribution in [0.4, 0.5) is 4.39 Å². The van der Waals surface area contributed by atoms with Gasteiger partial charge in [-0.3, -0.25) is 4.68 Å². The van der Waals surface area contributed by atoms with Crippen molar-refractivity contribution in [2.24, 2.45) is 7.05 Å². The molecule has 1 aliphatic heterocycles. The summed E-state index contributed by atoms with van der Waals surface area (Å²) in [5.41, 5.74) is 7.45. The molecule has 42 heavy (non-hydrogen) atoms. The molecule has 0 saturated carbocycles. The van der Waals surface area contributed by atoms with Crippen molar-refractivity contribution >= 4 is 27.6 Å². The van der Waals surface area contributed by atoms with Crippen molar-refractivity contribution in [3.05, 3.63) is 82.6 Å². The molecule has 3 aromatic carbocycles. The minimum Gasteiger partial charge on any atom is -0.560 e. The van der Waals surface area contributed by atoms with Gasteiger partial charge in [-0.15, -0.1) is 0 Å². The van der Waals surface area contributed by atoms with Gasteiger partial charge in [0.2, 0.25) is 0 Å². The molecule has 1 unspecified atom stereocenters. The van der Waals surface area contributed by atoms with Gasteiger partial charge in [-0.25, -0.2) is 4.39 Å². The standard InChI is InChI=1S/C34H36FN3O4/c1-20-10-12-26-29(21(2)14-17-42-28-9-7-8-23-18-24(35)11-13-25(23)28)33(34(39)40)38-15-5-6-16-41-19-27-31(30(20)32(26)38)22(3)37(4)36-27/h7-13,18,21H,5-6,14-17,19H2,1-4H3,(H,39,40)/p+1. The fourth-order valence-corrected chi connectivity index (χ4v) is 6.44. The molecule has 8 heteroatoms. The average Bonchev–Trinajstić information content (AvgIpc) is 3.42. The van der Waals surface area contributed by atoms with Crippen LogP contribution in [0.25, 0.3) is 32.8 Å². The molecule has 3 heterocycles. The van der Waals surface area contributed by atoms with Crippen molar-refractivity contribution in [1.82, 2.24) is 14.3 Å². The number of benzene rings is 3. The molecule has 2 aromatic heterocycles. The highest BCUT2D eigenvalue weighted by atomic mass is 19.1. The molecule has 0 radical (unpaired) electrons. The molecule has 0 aliphatic carbocycles. The summed E-state index contributed by atoms with van der Waals surface area (Å²) in [4.78, 5) is 13.1. The Kier molecular flexibility index (Phi) is 7.49. The van der Waals surface area contributed by atoms with Gasteiger partial charge in [-0.05, 0) is 74.2 Å². The number of carbonyl (C=O) groups excluding carboxylic acids is 1. The summed E-state index contributed by atoms with van der Waals surface area (Å²) in [7, 11) is 1.95. The van der Waals surface area contributed by atoms with Crippen LogP contribution in [0.15, 0.2) is 48.5 Å². The van der Waals surface area contributed by atoms with E-state index in [0.29, 0.717) is 44.2 Å². The van der Waals surface area contributed by atoms with Crippen LogP contribution >= 0.6 is 0 Å². The Bertz CT molecular complexity index is 1820. The molecule has 5 aromatic rings. The Morgan fingerprint density at radius 3 is 2.74 bits per heavy atom. The van der Waals surface area contributed by atoms with Crippen molar-refractivity contribution in [3.8, 4) is 16.9 Å². The third-order valence-electron chi connectivity index (χ3n) is 8.61. The van der Waals surface area contributed by atoms with Crippen LogP contribution < -0.4 is 4.74 Å². The SMILES string of the molecule is Cc1ccc2c(C(C)CCOc3cccc4cc(F)ccc34)c(C(=O)[OH2+])n3c2c1-c1c(nn(C)c1C)COCCCC3. The summed E-state index contributed by atoms with van der Waals surface area (Å²) in [5, 5.41) is 15.8. The molecule has 2 N–H and O–H groups in total. The van der Waals surface area contributed by atoms with Gasteiger partial charge in [0, 0.05) is 58.2 Å². The summed E-state index contributed by atoms with van der Waals surface area (Å²) in [6.07, 6.45) is 2.33. The number of hydrogen-bond acceptors (Lipinski definition) is 4. The lowest BCUT2D eigenvalue weighted by Gasteiger charge is -2.15. The van der Waals surface area contributed by atoms with Gasteiger partial charge < -0.3 is 19.1 Å². The molecule has 218 valence electrons. The summed E-state index contributed by atoms with van der Waals surface area (Å²) in [5.74, 6) is -0.304. The maximum absolute atomic E-state index is 13.8. The largest absolute Gasteiger partial charge is 0.566 e. The summed E-state index contributed by atoms with van der Waals surface area (Å²) >= 11 is 0. The molecule has 0 amide bonds. The van der Waals surface area contributed by atoms with Gasteiger partial charge in [-0.1, -0.05) is 31.2 Å². The number of aromatic nitrogens is 3. The number of rotatable bonds is 6. The van der Waals surface area contributed by atoms with Crippen LogP contribution in [0, 0.1) is 19.7 Å². The monoisotopic (exact) mass is 570 g/mol. The summed E-state index contributed by atoms with van der Waals surface area (Å²) in [6, 6.07) is 14.5. The predicted octanol–water partition coefficient (Wildman–Crippen LogP) is 6.70. The van der Waals surface area contributed by atoms with E-state index in [1.54, 1.807) is 6.07 Å². The molecule has 0 saturated heterocycles. The highest BCUT2D eigenvalue weighted by Crippen LogP contribution is 2.43. The molecule has 6 rings (SSSR count). The number of fused-ring (bicyclic) bond motifs is 3. The number of nitrogens with zero attached hydrogens (tertiary/aromatic N) is 3. The van der Waals surface area contributed by atoms with Gasteiger partial charge in [0.1, 0.15) is 11.6 Å². The van der Waals surface area contributed by atoms with Crippen LogP contribution in [0.2, 0.25) is 0 Å². The molecule has 7 nitrogen and oxygen atoms in total. The van der Waals surface area contributed by atoms with E-state index in [9.17, 15) is 9.18 Å². The minimum atomic E-state index is -0.678. The second kappa shape index (κ2) is 11.2. The zero-order valence-electron chi connectivity index (χ0n) is 24.6. The quantitative estimate of drug-likeness (QED) is 0.213. The van der Waals surface area contributed by atoms with E-state index < -0.39 is 5.97 Å². The van der Waals surface area contributed by atoms with Gasteiger partial charge in [0.25, 0.3) is 0 Å². The summed E-state index contributed by atoms with van der Waals surface area (Å²) < 4.78 is 30.0. The van der Waals surface area contributed by atoms with Crippen molar-refractivity contribution < 1.29 is 23.8 Å². The lowest BCUT2D eigenvalue weighted by molar-refractivity contribution is 0.0683. The van der Waals surface area contributed by atoms with E-state index in [2.05, 4.69) is 37.5 Å². The van der Waals surface area contributed by atoms with Crippen molar-refractivity contribution in [1.29, 1.82) is 0 Å². The van der Waals surface area contributed by atoms with Crippen LogP contribution in [-0.4, -0.2) is 38.6 Å². The average molecular weight is 571 g/mol. The highest BCUT2D eigenvalue weighted by molar-refractivity contribution is 6.05. The molecule has 0 fully saturated rings. The first-order valence-corrected chi connectivity index (χ1v) is 14.6. The van der Waals surface area contributed by atoms with Gasteiger partial charge in [0.05, 0.1) is 24.4 Å². The van der Waals surface area contributed by atoms with E-state index in [1.165, 1.54) is 12.1 Å². The van der Waals surface area contributed by atoms with Crippen molar-refractivity contribution in [2.45, 2.75) is 59.1 Å². The maximum atomic E-state index is 13.8. The van der Waals surface area contributed by atoms with E-state index in [4.69, 9.17) is 19.7 Å². The smallest absolute Gasteiger partial charge is 0.560 e. The first-order chi connectivity index (χ1) is 20.3. The van der Waals surface area contributed by atoms with E-state index in [-0.39, 0.29) is 11.7 Å². The van der Waals surface area contributed by atoms with Gasteiger partial charge in [-0.2, -0.15) is 5.10 Å². The molecular formula is C34H37FN3O4+. The Hall–Kier alpha value is -4.17. The molecule has 0 spiro atoms. The second-order valence-electron chi connectivity index (χ2n) is 11.3. The van der Waals surface area contributed by atoms with Crippen molar-refractivity contribution in [3.63, 3.8) is 0 Å². The maximum Gasteiger partial charge on any atom is 0.566 e. The lowest BCUT2D eigenvalue weighted by atomic mass is 9.91. The van der Waals surface area contributed by atoms with Crippen molar-refractivity contribution in [2.75, 3.05) is 13.2 Å².